The molecular weight excluding hydrogens is 412 g/mol. The van der Waals surface area contributed by atoms with Crippen LogP contribution in [0.1, 0.15) is 30.5 Å². The van der Waals surface area contributed by atoms with Crippen LogP contribution in [0.15, 0.2) is 59.3 Å². The van der Waals surface area contributed by atoms with E-state index in [9.17, 15) is 10.1 Å². The maximum Gasteiger partial charge on any atom is 0.274 e. The Labute approximate surface area is 184 Å². The Morgan fingerprint density at radius 3 is 2.74 bits per heavy atom. The molecule has 0 saturated carbocycles. The SMILES string of the molecule is COc1cc([N+](=O)[O-])cc2c1OC1(C=C2)N(Cc2ccsc2)c2ccccc2C1(C)C. The van der Waals surface area contributed by atoms with Crippen molar-refractivity contribution in [3.63, 3.8) is 0 Å². The fraction of sp³-hybridized carbons (Fsp3) is 0.250. The van der Waals surface area contributed by atoms with Crippen molar-refractivity contribution in [3.05, 3.63) is 86.1 Å². The predicted octanol–water partition coefficient (Wildman–Crippen LogP) is 5.76. The van der Waals surface area contributed by atoms with E-state index in [2.05, 4.69) is 47.7 Å². The van der Waals surface area contributed by atoms with E-state index in [1.807, 2.05) is 24.3 Å². The quantitative estimate of drug-likeness (QED) is 0.386. The molecule has 2 aromatic carbocycles. The molecule has 31 heavy (non-hydrogen) atoms. The van der Waals surface area contributed by atoms with Gasteiger partial charge in [-0.3, -0.25) is 10.1 Å². The minimum absolute atomic E-state index is 0.0242. The van der Waals surface area contributed by atoms with Gasteiger partial charge < -0.3 is 14.4 Å². The molecule has 7 heteroatoms. The van der Waals surface area contributed by atoms with Crippen LogP contribution in [-0.4, -0.2) is 17.8 Å². The van der Waals surface area contributed by atoms with E-state index in [1.54, 1.807) is 11.3 Å². The Morgan fingerprint density at radius 2 is 2.03 bits per heavy atom. The Bertz CT molecular complexity index is 1200. The second-order valence-electron chi connectivity index (χ2n) is 8.32. The standard InChI is InChI=1S/C24H22N2O4S/c1-23(2)19-6-4-5-7-20(19)25(14-16-9-11-31-15-16)24(23)10-8-17-12-18(26(27)28)13-21(29-3)22(17)30-24/h4-13,15H,14H2,1-3H3. The molecule has 1 unspecified atom stereocenters. The number of rotatable bonds is 4. The highest BCUT2D eigenvalue weighted by atomic mass is 32.1. The first-order chi connectivity index (χ1) is 14.9. The van der Waals surface area contributed by atoms with Crippen LogP contribution in [-0.2, 0) is 12.0 Å². The van der Waals surface area contributed by atoms with Crippen molar-refractivity contribution in [1.82, 2.24) is 0 Å². The first kappa shape index (κ1) is 19.6. The van der Waals surface area contributed by atoms with Crippen molar-refractivity contribution in [3.8, 4) is 11.5 Å². The molecule has 158 valence electrons. The largest absolute Gasteiger partial charge is 0.493 e. The van der Waals surface area contributed by atoms with Gasteiger partial charge in [-0.1, -0.05) is 18.2 Å². The summed E-state index contributed by atoms with van der Waals surface area (Å²) in [6, 6.07) is 13.4. The number of methoxy groups -OCH3 is 1. The van der Waals surface area contributed by atoms with E-state index < -0.39 is 10.6 Å². The molecule has 0 amide bonds. The van der Waals surface area contributed by atoms with E-state index in [-0.39, 0.29) is 11.1 Å². The third-order valence-corrected chi connectivity index (χ3v) is 7.06. The van der Waals surface area contributed by atoms with Crippen molar-refractivity contribution in [2.45, 2.75) is 31.5 Å². The van der Waals surface area contributed by atoms with E-state index in [0.717, 1.165) is 5.69 Å². The first-order valence-electron chi connectivity index (χ1n) is 10.0. The third-order valence-electron chi connectivity index (χ3n) is 6.33. The molecule has 5 rings (SSSR count). The van der Waals surface area contributed by atoms with E-state index in [4.69, 9.17) is 9.47 Å². The van der Waals surface area contributed by atoms with Crippen LogP contribution in [0.2, 0.25) is 0 Å². The predicted molar refractivity (Wildman–Crippen MR) is 122 cm³/mol. The van der Waals surface area contributed by atoms with Crippen LogP contribution in [0.5, 0.6) is 11.5 Å². The molecule has 0 radical (unpaired) electrons. The number of hydrogen-bond donors (Lipinski definition) is 0. The zero-order chi connectivity index (χ0) is 21.8. The number of fused-ring (bicyclic) bond motifs is 2. The summed E-state index contributed by atoms with van der Waals surface area (Å²) in [5.41, 5.74) is 2.93. The molecule has 3 aromatic rings. The molecule has 1 aromatic heterocycles. The third kappa shape index (κ3) is 2.76. The van der Waals surface area contributed by atoms with Crippen LogP contribution in [0.25, 0.3) is 6.08 Å². The molecule has 2 aliphatic rings. The number of nitro groups is 1. The topological polar surface area (TPSA) is 64.8 Å². The molecule has 6 nitrogen and oxygen atoms in total. The molecule has 0 aliphatic carbocycles. The normalized spacial score (nSPS) is 20.3. The Kier molecular flexibility index (Phi) is 4.34. The molecule has 3 heterocycles. The van der Waals surface area contributed by atoms with Crippen LogP contribution in [0.3, 0.4) is 0 Å². The summed E-state index contributed by atoms with van der Waals surface area (Å²) in [5.74, 6) is 0.877. The van der Waals surface area contributed by atoms with Gasteiger partial charge in [0, 0.05) is 23.9 Å². The summed E-state index contributed by atoms with van der Waals surface area (Å²) in [5, 5.41) is 15.6. The summed E-state index contributed by atoms with van der Waals surface area (Å²) in [4.78, 5) is 13.2. The smallest absolute Gasteiger partial charge is 0.274 e. The summed E-state index contributed by atoms with van der Waals surface area (Å²) >= 11 is 1.67. The van der Waals surface area contributed by atoms with Crippen molar-refractivity contribution in [1.29, 1.82) is 0 Å². The Balaban J connectivity index is 1.69. The second kappa shape index (κ2) is 6.85. The zero-order valence-corrected chi connectivity index (χ0v) is 18.3. The highest BCUT2D eigenvalue weighted by molar-refractivity contribution is 7.07. The van der Waals surface area contributed by atoms with Crippen molar-refractivity contribution in [2.24, 2.45) is 0 Å². The number of nitro benzene ring substituents is 1. The Morgan fingerprint density at radius 1 is 1.23 bits per heavy atom. The van der Waals surface area contributed by atoms with Gasteiger partial charge in [0.15, 0.2) is 11.5 Å². The van der Waals surface area contributed by atoms with Crippen molar-refractivity contribution < 1.29 is 14.4 Å². The monoisotopic (exact) mass is 434 g/mol. The zero-order valence-electron chi connectivity index (χ0n) is 17.5. The van der Waals surface area contributed by atoms with Crippen LogP contribution < -0.4 is 14.4 Å². The van der Waals surface area contributed by atoms with Gasteiger partial charge in [-0.2, -0.15) is 11.3 Å². The number of nitrogens with zero attached hydrogens (tertiary/aromatic N) is 2. The lowest BCUT2D eigenvalue weighted by Crippen LogP contribution is -2.59. The van der Waals surface area contributed by atoms with Gasteiger partial charge >= 0.3 is 0 Å². The summed E-state index contributed by atoms with van der Waals surface area (Å²) < 4.78 is 12.3. The van der Waals surface area contributed by atoms with Gasteiger partial charge in [-0.05, 0) is 60.0 Å². The fourth-order valence-corrected chi connectivity index (χ4v) is 5.35. The first-order valence-corrected chi connectivity index (χ1v) is 10.9. The average Bonchev–Trinajstić information content (AvgIpc) is 3.34. The molecule has 0 bridgehead atoms. The van der Waals surface area contributed by atoms with Gasteiger partial charge in [0.05, 0.1) is 23.5 Å². The summed E-state index contributed by atoms with van der Waals surface area (Å²) in [6.45, 7) is 5.03. The maximum atomic E-state index is 11.4. The second-order valence-corrected chi connectivity index (χ2v) is 9.10. The minimum atomic E-state index is -0.810. The van der Waals surface area contributed by atoms with Crippen LogP contribution in [0, 0.1) is 10.1 Å². The van der Waals surface area contributed by atoms with Gasteiger partial charge in [0.1, 0.15) is 0 Å². The molecule has 1 atom stereocenters. The lowest BCUT2D eigenvalue weighted by atomic mass is 9.76. The number of anilines is 1. The Hall–Kier alpha value is -3.32. The fourth-order valence-electron chi connectivity index (χ4n) is 4.69. The van der Waals surface area contributed by atoms with Gasteiger partial charge in [-0.25, -0.2) is 0 Å². The highest BCUT2D eigenvalue weighted by Gasteiger charge is 2.59. The molecule has 0 saturated heterocycles. The van der Waals surface area contributed by atoms with Gasteiger partial charge in [-0.15, -0.1) is 0 Å². The average molecular weight is 435 g/mol. The lowest BCUT2D eigenvalue weighted by molar-refractivity contribution is -0.385. The van der Waals surface area contributed by atoms with Crippen LogP contribution in [0.4, 0.5) is 11.4 Å². The number of ether oxygens (including phenoxy) is 2. The van der Waals surface area contributed by atoms with E-state index in [0.29, 0.717) is 23.6 Å². The number of hydrogen-bond acceptors (Lipinski definition) is 6. The highest BCUT2D eigenvalue weighted by Crippen LogP contribution is 2.56. The molecular formula is C24H22N2O4S. The minimum Gasteiger partial charge on any atom is -0.493 e. The van der Waals surface area contributed by atoms with Crippen LogP contribution >= 0.6 is 11.3 Å². The van der Waals surface area contributed by atoms with E-state index in [1.165, 1.54) is 30.4 Å². The molecule has 0 N–H and O–H groups in total. The molecule has 0 fully saturated rings. The number of thiophene rings is 1. The maximum absolute atomic E-state index is 11.4. The number of non-ortho nitro benzene ring substituents is 1. The molecule has 2 aliphatic heterocycles. The lowest BCUT2D eigenvalue weighted by Gasteiger charge is -2.47. The van der Waals surface area contributed by atoms with Gasteiger partial charge in [0.2, 0.25) is 5.72 Å². The van der Waals surface area contributed by atoms with Crippen molar-refractivity contribution >= 4 is 28.8 Å². The van der Waals surface area contributed by atoms with Gasteiger partial charge in [0.25, 0.3) is 5.69 Å². The number of benzene rings is 2. The summed E-state index contributed by atoms with van der Waals surface area (Å²) in [6.07, 6.45) is 3.95. The number of para-hydroxylation sites is 1. The van der Waals surface area contributed by atoms with Crippen molar-refractivity contribution in [2.75, 3.05) is 12.0 Å². The summed E-state index contributed by atoms with van der Waals surface area (Å²) in [7, 11) is 1.51. The van der Waals surface area contributed by atoms with E-state index >= 15 is 0 Å². The molecule has 1 spiro atoms.